The zero-order valence-electron chi connectivity index (χ0n) is 14.5. The summed E-state index contributed by atoms with van der Waals surface area (Å²) in [6.07, 6.45) is 5.43. The van der Waals surface area contributed by atoms with Crippen molar-refractivity contribution < 1.29 is 19.4 Å². The van der Waals surface area contributed by atoms with Gasteiger partial charge in [0.1, 0.15) is 10.5 Å². The number of piperidine rings is 1. The summed E-state index contributed by atoms with van der Waals surface area (Å²) in [7, 11) is 0. The first-order valence-corrected chi connectivity index (χ1v) is 9.52. The van der Waals surface area contributed by atoms with Gasteiger partial charge >= 0.3 is 5.97 Å². The number of hydrogen-bond acceptors (Lipinski definition) is 5. The largest absolute Gasteiger partial charge is 0.477 e. The molecule has 1 fully saturated rings. The topological polar surface area (TPSA) is 79.7 Å². The molecule has 2 aliphatic heterocycles. The molecule has 7 heteroatoms. The van der Waals surface area contributed by atoms with Crippen LogP contribution in [0.5, 0.6) is 0 Å². The number of rotatable bonds is 2. The SMILES string of the molecule is Cc1ccncc1C(=O)N1CCC2(CC1)OCCc1cc(C(=O)O)sc12. The average molecular weight is 372 g/mol. The molecule has 0 radical (unpaired) electrons. The fraction of sp³-hybridized carbons (Fsp3) is 0.421. The number of amides is 1. The number of fused-ring (bicyclic) bond motifs is 2. The summed E-state index contributed by atoms with van der Waals surface area (Å²) in [6, 6.07) is 3.62. The lowest BCUT2D eigenvalue weighted by atomic mass is 9.85. The van der Waals surface area contributed by atoms with E-state index in [0.717, 1.165) is 22.4 Å². The molecule has 0 atom stereocenters. The predicted octanol–water partition coefficient (Wildman–Crippen LogP) is 2.85. The maximum absolute atomic E-state index is 12.8. The van der Waals surface area contributed by atoms with E-state index in [2.05, 4.69) is 4.98 Å². The van der Waals surface area contributed by atoms with Crippen molar-refractivity contribution in [2.24, 2.45) is 0 Å². The lowest BCUT2D eigenvalue weighted by Crippen LogP contribution is -2.48. The van der Waals surface area contributed by atoms with E-state index in [1.165, 1.54) is 11.3 Å². The molecule has 1 spiro atoms. The van der Waals surface area contributed by atoms with Crippen LogP contribution in [0.15, 0.2) is 24.5 Å². The van der Waals surface area contributed by atoms with Crippen LogP contribution in [0.2, 0.25) is 0 Å². The highest BCUT2D eigenvalue weighted by atomic mass is 32.1. The van der Waals surface area contributed by atoms with Gasteiger partial charge in [-0.3, -0.25) is 9.78 Å². The highest BCUT2D eigenvalue weighted by Crippen LogP contribution is 2.45. The number of carboxylic acids is 1. The lowest BCUT2D eigenvalue weighted by Gasteiger charge is -2.43. The second kappa shape index (κ2) is 6.48. The molecule has 1 N–H and O–H groups in total. The van der Waals surface area contributed by atoms with Crippen LogP contribution in [-0.2, 0) is 16.8 Å². The molecule has 1 amide bonds. The summed E-state index contributed by atoms with van der Waals surface area (Å²) in [4.78, 5) is 31.4. The van der Waals surface area contributed by atoms with E-state index in [9.17, 15) is 14.7 Å². The summed E-state index contributed by atoms with van der Waals surface area (Å²) >= 11 is 1.32. The number of carbonyl (C=O) groups excluding carboxylic acids is 1. The Morgan fingerprint density at radius 1 is 1.35 bits per heavy atom. The number of aromatic carboxylic acids is 1. The van der Waals surface area contributed by atoms with Crippen LogP contribution in [0.25, 0.3) is 0 Å². The summed E-state index contributed by atoms with van der Waals surface area (Å²) in [6.45, 7) is 3.69. The Morgan fingerprint density at radius 3 is 2.81 bits per heavy atom. The number of nitrogens with zero attached hydrogens (tertiary/aromatic N) is 2. The van der Waals surface area contributed by atoms with Gasteiger partial charge in [0, 0.05) is 30.4 Å². The van der Waals surface area contributed by atoms with Crippen LogP contribution in [0, 0.1) is 6.92 Å². The Bertz CT molecular complexity index is 868. The molecular formula is C19H20N2O4S. The Kier molecular flexibility index (Phi) is 4.28. The number of thiophene rings is 1. The zero-order chi connectivity index (χ0) is 18.3. The van der Waals surface area contributed by atoms with Gasteiger partial charge < -0.3 is 14.7 Å². The minimum absolute atomic E-state index is 0.00103. The Hall–Kier alpha value is -2.25. The third-order valence-corrected chi connectivity index (χ3v) is 6.66. The number of aryl methyl sites for hydroxylation is 1. The molecule has 4 rings (SSSR count). The van der Waals surface area contributed by atoms with E-state index in [1.54, 1.807) is 18.5 Å². The first kappa shape index (κ1) is 17.2. The minimum Gasteiger partial charge on any atom is -0.477 e. The third kappa shape index (κ3) is 2.81. The number of pyridine rings is 1. The summed E-state index contributed by atoms with van der Waals surface area (Å²) in [5.41, 5.74) is 2.19. The van der Waals surface area contributed by atoms with Crippen molar-refractivity contribution in [2.45, 2.75) is 31.8 Å². The minimum atomic E-state index is -0.890. The molecule has 2 aromatic rings. The van der Waals surface area contributed by atoms with Crippen molar-refractivity contribution in [1.82, 2.24) is 9.88 Å². The molecule has 4 heterocycles. The van der Waals surface area contributed by atoms with Crippen LogP contribution in [0.1, 0.15) is 48.9 Å². The van der Waals surface area contributed by atoms with E-state index >= 15 is 0 Å². The third-order valence-electron chi connectivity index (χ3n) is 5.31. The predicted molar refractivity (Wildman–Crippen MR) is 96.7 cm³/mol. The molecule has 0 aromatic carbocycles. The molecule has 26 heavy (non-hydrogen) atoms. The van der Waals surface area contributed by atoms with Crippen molar-refractivity contribution in [2.75, 3.05) is 19.7 Å². The average Bonchev–Trinajstić information content (AvgIpc) is 3.09. The van der Waals surface area contributed by atoms with Gasteiger partial charge in [-0.1, -0.05) is 0 Å². The fourth-order valence-corrected chi connectivity index (χ4v) is 5.08. The smallest absolute Gasteiger partial charge is 0.345 e. The van der Waals surface area contributed by atoms with Crippen molar-refractivity contribution in [3.05, 3.63) is 51.0 Å². The van der Waals surface area contributed by atoms with Crippen molar-refractivity contribution in [3.8, 4) is 0 Å². The second-order valence-electron chi connectivity index (χ2n) is 6.85. The van der Waals surface area contributed by atoms with Crippen LogP contribution < -0.4 is 0 Å². The molecular weight excluding hydrogens is 352 g/mol. The molecule has 136 valence electrons. The summed E-state index contributed by atoms with van der Waals surface area (Å²) < 4.78 is 6.15. The summed E-state index contributed by atoms with van der Waals surface area (Å²) in [5, 5.41) is 9.30. The quantitative estimate of drug-likeness (QED) is 0.877. The molecule has 0 aliphatic carbocycles. The van der Waals surface area contributed by atoms with Crippen molar-refractivity contribution in [1.29, 1.82) is 0 Å². The van der Waals surface area contributed by atoms with Gasteiger partial charge in [-0.25, -0.2) is 4.79 Å². The van der Waals surface area contributed by atoms with E-state index < -0.39 is 11.6 Å². The highest BCUT2D eigenvalue weighted by Gasteiger charge is 2.43. The Morgan fingerprint density at radius 2 is 2.12 bits per heavy atom. The highest BCUT2D eigenvalue weighted by molar-refractivity contribution is 7.14. The van der Waals surface area contributed by atoms with Gasteiger partial charge in [-0.2, -0.15) is 0 Å². The molecule has 0 saturated carbocycles. The Labute approximate surface area is 155 Å². The molecule has 0 bridgehead atoms. The maximum Gasteiger partial charge on any atom is 0.345 e. The lowest BCUT2D eigenvalue weighted by molar-refractivity contribution is -0.0906. The number of carboxylic acid groups (broad SMARTS) is 1. The van der Waals surface area contributed by atoms with Crippen LogP contribution >= 0.6 is 11.3 Å². The van der Waals surface area contributed by atoms with Gasteiger partial charge in [0.2, 0.25) is 0 Å². The zero-order valence-corrected chi connectivity index (χ0v) is 15.3. The number of likely N-dealkylation sites (tertiary alicyclic amines) is 1. The Balaban J connectivity index is 1.55. The van der Waals surface area contributed by atoms with E-state index in [-0.39, 0.29) is 5.91 Å². The van der Waals surface area contributed by atoms with Gasteiger partial charge in [-0.15, -0.1) is 11.3 Å². The van der Waals surface area contributed by atoms with Gasteiger partial charge in [0.15, 0.2) is 0 Å². The van der Waals surface area contributed by atoms with E-state index in [1.807, 2.05) is 17.9 Å². The molecule has 1 saturated heterocycles. The van der Waals surface area contributed by atoms with Gasteiger partial charge in [-0.05, 0) is 49.4 Å². The van der Waals surface area contributed by atoms with Crippen LogP contribution in [-0.4, -0.2) is 46.6 Å². The van der Waals surface area contributed by atoms with E-state index in [0.29, 0.717) is 43.0 Å². The molecule has 2 aromatic heterocycles. The summed E-state index contributed by atoms with van der Waals surface area (Å²) in [5.74, 6) is -0.891. The van der Waals surface area contributed by atoms with Crippen molar-refractivity contribution in [3.63, 3.8) is 0 Å². The van der Waals surface area contributed by atoms with Crippen LogP contribution in [0.3, 0.4) is 0 Å². The van der Waals surface area contributed by atoms with Crippen molar-refractivity contribution >= 4 is 23.2 Å². The maximum atomic E-state index is 12.8. The first-order chi connectivity index (χ1) is 12.5. The van der Waals surface area contributed by atoms with Gasteiger partial charge in [0.05, 0.1) is 12.2 Å². The first-order valence-electron chi connectivity index (χ1n) is 8.70. The molecule has 0 unspecified atom stereocenters. The number of ether oxygens (including phenoxy) is 1. The number of carbonyl (C=O) groups is 2. The normalized spacial score (nSPS) is 18.6. The monoisotopic (exact) mass is 372 g/mol. The second-order valence-corrected chi connectivity index (χ2v) is 7.90. The molecule has 2 aliphatic rings. The number of aromatic nitrogens is 1. The van der Waals surface area contributed by atoms with Gasteiger partial charge in [0.25, 0.3) is 5.91 Å². The fourth-order valence-electron chi connectivity index (χ4n) is 3.83. The van der Waals surface area contributed by atoms with Crippen LogP contribution in [0.4, 0.5) is 0 Å². The number of hydrogen-bond donors (Lipinski definition) is 1. The standard InChI is InChI=1S/C19H20N2O4S/c1-12-2-6-20-11-14(12)17(22)21-7-4-19(5-8-21)16-13(3-9-25-19)10-15(26-16)18(23)24/h2,6,10-11H,3-5,7-9H2,1H3,(H,23,24). The molecule has 6 nitrogen and oxygen atoms in total. The van der Waals surface area contributed by atoms with E-state index in [4.69, 9.17) is 4.74 Å².